The Bertz CT molecular complexity index is 1830. The van der Waals surface area contributed by atoms with Crippen LogP contribution in [0.1, 0.15) is 63.4 Å². The van der Waals surface area contributed by atoms with Gasteiger partial charge in [-0.2, -0.15) is 9.03 Å². The van der Waals surface area contributed by atoms with Crippen molar-refractivity contribution >= 4 is 98.2 Å². The number of nitrogens with zero attached hydrogens (tertiary/aromatic N) is 3. The van der Waals surface area contributed by atoms with Gasteiger partial charge in [0.25, 0.3) is 10.0 Å². The predicted molar refractivity (Wildman–Crippen MR) is 205 cm³/mol. The maximum atomic E-state index is 13.1. The van der Waals surface area contributed by atoms with Crippen LogP contribution in [0.3, 0.4) is 0 Å². The van der Waals surface area contributed by atoms with Crippen LogP contribution in [-0.2, 0) is 31.3 Å². The molecule has 0 bridgehead atoms. The van der Waals surface area contributed by atoms with Crippen LogP contribution >= 0.6 is 66.4 Å². The van der Waals surface area contributed by atoms with Gasteiger partial charge in [0.1, 0.15) is 25.3 Å². The first-order valence-electron chi connectivity index (χ1n) is 16.6. The van der Waals surface area contributed by atoms with Crippen LogP contribution in [0.5, 0.6) is 0 Å². The van der Waals surface area contributed by atoms with Crippen molar-refractivity contribution in [2.75, 3.05) is 31.1 Å². The number of carboxylic acids is 1. The van der Waals surface area contributed by atoms with E-state index in [1.54, 1.807) is 34.6 Å². The van der Waals surface area contributed by atoms with E-state index in [0.29, 0.717) is 58.8 Å². The van der Waals surface area contributed by atoms with Gasteiger partial charge in [0.2, 0.25) is 10.0 Å². The molecular formula is C33H40Br2Cl2N4O6S3. The van der Waals surface area contributed by atoms with E-state index in [4.69, 9.17) is 23.2 Å². The average molecular weight is 916 g/mol. The summed E-state index contributed by atoms with van der Waals surface area (Å²) >= 11 is 19.9. The van der Waals surface area contributed by atoms with Gasteiger partial charge in [-0.1, -0.05) is 67.4 Å². The smallest absolute Gasteiger partial charge is 0.322 e. The topological polar surface area (TPSA) is 137 Å². The van der Waals surface area contributed by atoms with Crippen molar-refractivity contribution in [1.29, 1.82) is 0 Å². The Kier molecular flexibility index (Phi) is 14.1. The van der Waals surface area contributed by atoms with Crippen LogP contribution in [0.2, 0.25) is 9.36 Å². The fourth-order valence-corrected chi connectivity index (χ4v) is 12.5. The summed E-state index contributed by atoms with van der Waals surface area (Å²) < 4.78 is 58.0. The van der Waals surface area contributed by atoms with Gasteiger partial charge in [0.15, 0.2) is 0 Å². The highest BCUT2D eigenvalue weighted by Crippen LogP contribution is 2.37. The number of benzene rings is 1. The second kappa shape index (κ2) is 17.7. The zero-order chi connectivity index (χ0) is 36.1. The lowest BCUT2D eigenvalue weighted by Crippen LogP contribution is -2.42. The lowest BCUT2D eigenvalue weighted by molar-refractivity contribution is -0.138. The Morgan fingerprint density at radius 3 is 2.06 bits per heavy atom. The third-order valence-corrected chi connectivity index (χ3v) is 16.6. The van der Waals surface area contributed by atoms with Crippen LogP contribution < -0.4 is 9.62 Å². The molecule has 0 amide bonds. The van der Waals surface area contributed by atoms with E-state index in [1.165, 1.54) is 31.5 Å². The van der Waals surface area contributed by atoms with E-state index in [9.17, 15) is 26.7 Å². The zero-order valence-corrected chi connectivity index (χ0v) is 34.4. The predicted octanol–water partition coefficient (Wildman–Crippen LogP) is 8.22. The molecule has 0 radical (unpaired) electrons. The van der Waals surface area contributed by atoms with Gasteiger partial charge in [-0.3, -0.25) is 4.79 Å². The molecule has 2 aliphatic rings. The molecule has 1 unspecified atom stereocenters. The third-order valence-electron chi connectivity index (χ3n) is 9.48. The Balaban J connectivity index is 1.01. The minimum atomic E-state index is -4.15. The number of piperidine rings is 2. The van der Waals surface area contributed by atoms with Gasteiger partial charge in [0.05, 0.1) is 4.47 Å². The Labute approximate surface area is 325 Å². The van der Waals surface area contributed by atoms with E-state index in [2.05, 4.69) is 46.5 Å². The lowest BCUT2D eigenvalue weighted by Gasteiger charge is -2.33. The molecule has 3 aromatic rings. The number of hydrogen-bond acceptors (Lipinski definition) is 8. The Morgan fingerprint density at radius 2 is 1.52 bits per heavy atom. The fraction of sp³-hybridized carbons (Fsp3) is 0.515. The molecule has 5 rings (SSSR count). The lowest BCUT2D eigenvalue weighted by atomic mass is 9.89. The monoisotopic (exact) mass is 912 g/mol. The normalized spacial score (nSPS) is 17.6. The van der Waals surface area contributed by atoms with E-state index in [-0.39, 0.29) is 11.3 Å². The molecule has 2 aromatic heterocycles. The number of carboxylic acid groups (broad SMARTS) is 1. The highest BCUT2D eigenvalue weighted by atomic mass is 79.9. The maximum Gasteiger partial charge on any atom is 0.322 e. The summed E-state index contributed by atoms with van der Waals surface area (Å²) in [5, 5.41) is 10.2. The van der Waals surface area contributed by atoms with Crippen molar-refractivity contribution in [2.45, 2.75) is 79.4 Å². The van der Waals surface area contributed by atoms with Crippen molar-refractivity contribution in [2.24, 2.45) is 11.8 Å². The summed E-state index contributed by atoms with van der Waals surface area (Å²) in [5.41, 5.74) is 0.640. The van der Waals surface area contributed by atoms with E-state index in [1.807, 2.05) is 0 Å². The molecule has 50 heavy (non-hydrogen) atoms. The first kappa shape index (κ1) is 39.9. The summed E-state index contributed by atoms with van der Waals surface area (Å²) in [5.74, 6) is 0.571. The third kappa shape index (κ3) is 10.4. The van der Waals surface area contributed by atoms with Gasteiger partial charge in [0, 0.05) is 41.9 Å². The summed E-state index contributed by atoms with van der Waals surface area (Å²) in [6.07, 6.45) is 10.9. The number of anilines is 1. The molecular weight excluding hydrogens is 875 g/mol. The van der Waals surface area contributed by atoms with Crippen molar-refractivity contribution in [1.82, 2.24) is 14.0 Å². The fourth-order valence-electron chi connectivity index (χ4n) is 6.58. The Hall–Kier alpha value is -1.30. The molecule has 1 aromatic carbocycles. The second-order valence-electron chi connectivity index (χ2n) is 12.9. The van der Waals surface area contributed by atoms with Gasteiger partial charge >= 0.3 is 5.97 Å². The van der Waals surface area contributed by atoms with E-state index >= 15 is 0 Å². The number of hydrogen-bond donors (Lipinski definition) is 2. The minimum absolute atomic E-state index is 0.0348. The number of thiophene rings is 1. The molecule has 17 heteroatoms. The van der Waals surface area contributed by atoms with E-state index < -0.39 is 32.1 Å². The molecule has 0 spiro atoms. The molecule has 4 heterocycles. The van der Waals surface area contributed by atoms with Crippen molar-refractivity contribution in [3.05, 3.63) is 66.5 Å². The highest BCUT2D eigenvalue weighted by molar-refractivity contribution is 9.11. The largest absolute Gasteiger partial charge is 0.480 e. The molecule has 2 N–H and O–H groups in total. The van der Waals surface area contributed by atoms with Crippen LogP contribution in [-0.4, -0.2) is 69.4 Å². The number of sulfonamides is 2. The van der Waals surface area contributed by atoms with E-state index in [0.717, 1.165) is 63.0 Å². The molecule has 0 saturated carbocycles. The van der Waals surface area contributed by atoms with Crippen LogP contribution in [0.25, 0.3) is 0 Å². The van der Waals surface area contributed by atoms with Gasteiger partial charge in [-0.15, -0.1) is 11.3 Å². The van der Waals surface area contributed by atoms with Crippen molar-refractivity contribution in [3.63, 3.8) is 0 Å². The number of halogens is 4. The number of pyridine rings is 1. The number of aromatic nitrogens is 1. The number of nitrogens with one attached hydrogen (secondary N) is 1. The molecule has 1 atom stereocenters. The summed E-state index contributed by atoms with van der Waals surface area (Å²) in [7, 11) is -7.65. The number of rotatable bonds is 15. The first-order chi connectivity index (χ1) is 23.7. The summed E-state index contributed by atoms with van der Waals surface area (Å²) in [4.78, 5) is 18.4. The zero-order valence-electron chi connectivity index (χ0n) is 27.2. The summed E-state index contributed by atoms with van der Waals surface area (Å²) in [6, 6.07) is 8.29. The first-order valence-corrected chi connectivity index (χ1v) is 22.7. The highest BCUT2D eigenvalue weighted by Gasteiger charge is 2.31. The van der Waals surface area contributed by atoms with Gasteiger partial charge < -0.3 is 10.0 Å². The SMILES string of the molecule is O=C(O)C(Cc1ccc(Cl)cc1)NS(=O)(=O)c1cnc(N2CCC(CCCCCC3CCN(S(=O)(=O)c4cc(Br)c(Cl)s4)CC3)CC2)c(Br)c1. The molecule has 10 nitrogen and oxygen atoms in total. The van der Waals surface area contributed by atoms with Crippen LogP contribution in [0, 0.1) is 11.8 Å². The number of aliphatic carboxylic acids is 1. The molecule has 0 aliphatic carbocycles. The quantitative estimate of drug-likeness (QED) is 0.146. The van der Waals surface area contributed by atoms with Crippen LogP contribution in [0.4, 0.5) is 5.82 Å². The van der Waals surface area contributed by atoms with Crippen LogP contribution in [0.15, 0.2) is 60.6 Å². The maximum absolute atomic E-state index is 13.1. The van der Waals surface area contributed by atoms with Gasteiger partial charge in [-0.25, -0.2) is 21.8 Å². The molecule has 2 fully saturated rings. The molecule has 2 saturated heterocycles. The number of unbranched alkanes of at least 4 members (excludes halogenated alkanes) is 2. The minimum Gasteiger partial charge on any atom is -0.480 e. The standard InChI is InChI=1S/C33H40Br2Cl2N4O6S3/c34-27-20-30(48-31(27)37)50(46,47)41-16-12-23(13-17-41)5-3-1-2-4-22-10-14-40(15-11-22)32-28(35)19-26(21-38-32)49(44,45)39-29(33(42)43)18-24-6-8-25(36)9-7-24/h6-9,19-23,29,39H,1-5,10-18H2,(H,42,43). The van der Waals surface area contributed by atoms with Crippen molar-refractivity contribution in [3.8, 4) is 0 Å². The summed E-state index contributed by atoms with van der Waals surface area (Å²) in [6.45, 7) is 2.74. The number of carbonyl (C=O) groups is 1. The average Bonchev–Trinajstić information content (AvgIpc) is 3.44. The van der Waals surface area contributed by atoms with Crippen molar-refractivity contribution < 1.29 is 26.7 Å². The van der Waals surface area contributed by atoms with Gasteiger partial charge in [-0.05, 0) is 106 Å². The molecule has 274 valence electrons. The Morgan fingerprint density at radius 1 is 0.920 bits per heavy atom. The second-order valence-corrected chi connectivity index (χ2v) is 20.6. The molecule has 2 aliphatic heterocycles.